The van der Waals surface area contributed by atoms with Crippen LogP contribution in [0.1, 0.15) is 104 Å². The second-order valence-corrected chi connectivity index (χ2v) is 11.5. The van der Waals surface area contributed by atoms with Gasteiger partial charge in [0.05, 0.1) is 0 Å². The van der Waals surface area contributed by atoms with E-state index in [0.29, 0.717) is 18.2 Å². The molecule has 3 aromatic rings. The molecule has 2 aromatic carbocycles. The average molecular weight is 589 g/mol. The Kier molecular flexibility index (Phi) is 15.8. The molecule has 6 heteroatoms. The third kappa shape index (κ3) is 12.9. The molecule has 234 valence electrons. The van der Waals surface area contributed by atoms with Crippen molar-refractivity contribution >= 4 is 5.97 Å². The van der Waals surface area contributed by atoms with Gasteiger partial charge in [0.1, 0.15) is 18.5 Å². The van der Waals surface area contributed by atoms with Crippen molar-refractivity contribution in [2.24, 2.45) is 0 Å². The van der Waals surface area contributed by atoms with Crippen molar-refractivity contribution in [2.75, 3.05) is 13.2 Å². The maximum absolute atomic E-state index is 12.2. The molecule has 6 nitrogen and oxygen atoms in total. The van der Waals surface area contributed by atoms with Gasteiger partial charge < -0.3 is 14.2 Å². The molecule has 0 bridgehead atoms. The number of carbonyl (C=O) groups excluding carboxylic acids is 1. The molecular formula is C37H52N2O4. The van der Waals surface area contributed by atoms with Gasteiger partial charge in [0.2, 0.25) is 0 Å². The quantitative estimate of drug-likeness (QED) is 0.0912. The normalized spacial score (nSPS) is 12.6. The number of aromatic nitrogens is 2. The predicted molar refractivity (Wildman–Crippen MR) is 175 cm³/mol. The fourth-order valence-electron chi connectivity index (χ4n) is 4.88. The number of ether oxygens (including phenoxy) is 3. The van der Waals surface area contributed by atoms with Gasteiger partial charge in [-0.1, -0.05) is 95.9 Å². The third-order valence-corrected chi connectivity index (χ3v) is 7.62. The Balaban J connectivity index is 1.40. The summed E-state index contributed by atoms with van der Waals surface area (Å²) < 4.78 is 16.9. The topological polar surface area (TPSA) is 70.5 Å². The van der Waals surface area contributed by atoms with Crippen LogP contribution < -0.4 is 4.74 Å². The first-order valence-corrected chi connectivity index (χ1v) is 16.5. The molecule has 0 amide bonds. The van der Waals surface area contributed by atoms with Gasteiger partial charge >= 0.3 is 5.97 Å². The molecule has 0 aliphatic rings. The van der Waals surface area contributed by atoms with Crippen molar-refractivity contribution < 1.29 is 19.0 Å². The third-order valence-electron chi connectivity index (χ3n) is 7.62. The lowest BCUT2D eigenvalue weighted by molar-refractivity contribution is -0.162. The Bertz CT molecular complexity index is 1160. The highest BCUT2D eigenvalue weighted by molar-refractivity contribution is 5.74. The number of esters is 1. The van der Waals surface area contributed by atoms with Crippen molar-refractivity contribution in [2.45, 2.75) is 117 Å². The molecule has 43 heavy (non-hydrogen) atoms. The first-order valence-electron chi connectivity index (χ1n) is 16.5. The Morgan fingerprint density at radius 1 is 0.698 bits per heavy atom. The van der Waals surface area contributed by atoms with Gasteiger partial charge in [-0.2, -0.15) is 0 Å². The zero-order valence-corrected chi connectivity index (χ0v) is 26.9. The summed E-state index contributed by atoms with van der Waals surface area (Å²) in [5.41, 5.74) is 4.44. The van der Waals surface area contributed by atoms with Crippen molar-refractivity contribution in [1.29, 1.82) is 0 Å². The van der Waals surface area contributed by atoms with Gasteiger partial charge in [-0.05, 0) is 68.5 Å². The highest BCUT2D eigenvalue weighted by Gasteiger charge is 2.18. The van der Waals surface area contributed by atoms with Crippen LogP contribution in [-0.4, -0.2) is 41.4 Å². The lowest BCUT2D eigenvalue weighted by atomic mass is 10.0. The highest BCUT2D eigenvalue weighted by atomic mass is 16.6. The van der Waals surface area contributed by atoms with E-state index in [4.69, 9.17) is 14.2 Å². The predicted octanol–water partition coefficient (Wildman–Crippen LogP) is 9.40. The summed E-state index contributed by atoms with van der Waals surface area (Å²) >= 11 is 0. The number of aryl methyl sites for hydroxylation is 1. The number of carbonyl (C=O) groups is 1. The summed E-state index contributed by atoms with van der Waals surface area (Å²) in [7, 11) is 0. The van der Waals surface area contributed by atoms with Crippen molar-refractivity contribution in [3.05, 3.63) is 66.5 Å². The maximum Gasteiger partial charge on any atom is 0.335 e. The molecule has 1 heterocycles. The lowest BCUT2D eigenvalue weighted by Crippen LogP contribution is -2.30. The highest BCUT2D eigenvalue weighted by Crippen LogP contribution is 2.23. The second kappa shape index (κ2) is 19.8. The molecule has 0 spiro atoms. The first kappa shape index (κ1) is 34.2. The summed E-state index contributed by atoms with van der Waals surface area (Å²) in [4.78, 5) is 21.4. The van der Waals surface area contributed by atoms with E-state index in [1.54, 1.807) is 6.92 Å². The molecule has 0 radical (unpaired) electrons. The van der Waals surface area contributed by atoms with Crippen LogP contribution in [0.2, 0.25) is 0 Å². The van der Waals surface area contributed by atoms with E-state index in [2.05, 4.69) is 48.1 Å². The smallest absolute Gasteiger partial charge is 0.335 e. The molecule has 1 aromatic heterocycles. The summed E-state index contributed by atoms with van der Waals surface area (Å²) in [5.74, 6) is 0.995. The van der Waals surface area contributed by atoms with Gasteiger partial charge in [0.25, 0.3) is 0 Å². The van der Waals surface area contributed by atoms with Crippen LogP contribution in [0.3, 0.4) is 0 Å². The number of unbranched alkanes of at least 4 members (excludes halogenated alkanes) is 9. The second-order valence-electron chi connectivity index (χ2n) is 11.5. The summed E-state index contributed by atoms with van der Waals surface area (Å²) in [5, 5.41) is 0. The van der Waals surface area contributed by atoms with Crippen LogP contribution in [0.5, 0.6) is 5.75 Å². The molecule has 0 aliphatic carbocycles. The summed E-state index contributed by atoms with van der Waals surface area (Å²) in [6.45, 7) is 8.78. The van der Waals surface area contributed by atoms with Crippen LogP contribution >= 0.6 is 0 Å². The number of benzene rings is 2. The van der Waals surface area contributed by atoms with Gasteiger partial charge in [-0.3, -0.25) is 0 Å². The minimum absolute atomic E-state index is 0.261. The van der Waals surface area contributed by atoms with E-state index in [0.717, 1.165) is 42.4 Å². The lowest BCUT2D eigenvalue weighted by Gasteiger charge is -2.18. The van der Waals surface area contributed by atoms with Crippen molar-refractivity contribution in [1.82, 2.24) is 9.97 Å². The molecule has 2 unspecified atom stereocenters. The molecular weight excluding hydrogens is 536 g/mol. The van der Waals surface area contributed by atoms with Crippen molar-refractivity contribution in [3.63, 3.8) is 0 Å². The molecule has 2 atom stereocenters. The van der Waals surface area contributed by atoms with Gasteiger partial charge in [-0.15, -0.1) is 0 Å². The van der Waals surface area contributed by atoms with Crippen LogP contribution in [0, 0.1) is 0 Å². The first-order chi connectivity index (χ1) is 21.0. The minimum atomic E-state index is -0.575. The van der Waals surface area contributed by atoms with E-state index in [9.17, 15) is 4.79 Å². The van der Waals surface area contributed by atoms with Crippen LogP contribution in [-0.2, 0) is 20.7 Å². The van der Waals surface area contributed by atoms with Gasteiger partial charge in [-0.25, -0.2) is 14.8 Å². The Hall–Kier alpha value is -3.25. The molecule has 3 rings (SSSR count). The SMILES string of the molecule is CCCCCCCCCCc1ccc(-c2cnc(-c3ccc(OCC(C)OC(=O)C(C)OCCCCC)cc3)nc2)cc1. The Labute approximate surface area is 259 Å². The molecule has 0 aliphatic heterocycles. The number of hydrogen-bond donors (Lipinski definition) is 0. The molecule has 0 N–H and O–H groups in total. The largest absolute Gasteiger partial charge is 0.490 e. The fraction of sp³-hybridized carbons (Fsp3) is 0.541. The van der Waals surface area contributed by atoms with Gasteiger partial charge in [0.15, 0.2) is 11.9 Å². The molecule has 0 saturated carbocycles. The van der Waals surface area contributed by atoms with Crippen LogP contribution in [0.25, 0.3) is 22.5 Å². The van der Waals surface area contributed by atoms with E-state index >= 15 is 0 Å². The maximum atomic E-state index is 12.2. The standard InChI is InChI=1S/C37H52N2O4/c1-5-7-9-10-11-12-13-14-16-31-17-19-32(20-18-31)34-26-38-36(39-27-34)33-21-23-35(24-22-33)42-28-29(3)43-37(40)30(4)41-25-15-8-6-2/h17-24,26-27,29-30H,5-16,25,28H2,1-4H3. The summed E-state index contributed by atoms with van der Waals surface area (Å²) in [6, 6.07) is 16.4. The minimum Gasteiger partial charge on any atom is -0.490 e. The van der Waals surface area contributed by atoms with E-state index in [1.807, 2.05) is 43.6 Å². The fourth-order valence-corrected chi connectivity index (χ4v) is 4.88. The molecule has 0 fully saturated rings. The number of nitrogens with zero attached hydrogens (tertiary/aromatic N) is 2. The average Bonchev–Trinajstić information content (AvgIpc) is 3.04. The Morgan fingerprint density at radius 2 is 1.28 bits per heavy atom. The number of rotatable bonds is 21. The zero-order valence-electron chi connectivity index (χ0n) is 26.9. The van der Waals surface area contributed by atoms with E-state index in [-0.39, 0.29) is 18.7 Å². The van der Waals surface area contributed by atoms with Crippen LogP contribution in [0.4, 0.5) is 0 Å². The zero-order chi connectivity index (χ0) is 30.7. The van der Waals surface area contributed by atoms with E-state index < -0.39 is 6.10 Å². The van der Waals surface area contributed by atoms with E-state index in [1.165, 1.54) is 56.9 Å². The number of hydrogen-bond acceptors (Lipinski definition) is 6. The monoisotopic (exact) mass is 588 g/mol. The summed E-state index contributed by atoms with van der Waals surface area (Å²) in [6.07, 6.45) is 17.9. The van der Waals surface area contributed by atoms with Gasteiger partial charge in [0, 0.05) is 30.1 Å². The Morgan fingerprint density at radius 3 is 1.93 bits per heavy atom. The van der Waals surface area contributed by atoms with Crippen molar-refractivity contribution in [3.8, 4) is 28.3 Å². The molecule has 0 saturated heterocycles. The van der Waals surface area contributed by atoms with Crippen LogP contribution in [0.15, 0.2) is 60.9 Å².